The number of fused-ring (bicyclic) bond motifs is 1. The lowest BCUT2D eigenvalue weighted by atomic mass is 9.86. The van der Waals surface area contributed by atoms with Crippen LogP contribution in [0.25, 0.3) is 0 Å². The quantitative estimate of drug-likeness (QED) is 0.733. The average Bonchev–Trinajstić information content (AvgIpc) is 2.79. The van der Waals surface area contributed by atoms with Gasteiger partial charge in [-0.3, -0.25) is 0 Å². The predicted molar refractivity (Wildman–Crippen MR) is 134 cm³/mol. The molecule has 0 aliphatic carbocycles. The van der Waals surface area contributed by atoms with E-state index in [-0.39, 0.29) is 12.4 Å². The van der Waals surface area contributed by atoms with Crippen LogP contribution in [-0.4, -0.2) is 67.2 Å². The maximum absolute atomic E-state index is 6.17. The average molecular weight is 458 g/mol. The van der Waals surface area contributed by atoms with Gasteiger partial charge < -0.3 is 25.8 Å². The van der Waals surface area contributed by atoms with Gasteiger partial charge in [0.25, 0.3) is 0 Å². The van der Waals surface area contributed by atoms with Gasteiger partial charge in [-0.2, -0.15) is 9.97 Å². The number of aromatic nitrogens is 2. The van der Waals surface area contributed by atoms with Crippen molar-refractivity contribution in [1.82, 2.24) is 20.2 Å². The summed E-state index contributed by atoms with van der Waals surface area (Å²) in [6, 6.07) is 9.71. The summed E-state index contributed by atoms with van der Waals surface area (Å²) in [6.45, 7) is 9.47. The number of halogens is 1. The zero-order valence-electron chi connectivity index (χ0n) is 19.3. The van der Waals surface area contributed by atoms with E-state index in [0.29, 0.717) is 17.9 Å². The van der Waals surface area contributed by atoms with Crippen molar-refractivity contribution in [2.24, 2.45) is 0 Å². The van der Waals surface area contributed by atoms with Crippen molar-refractivity contribution in [3.05, 3.63) is 41.0 Å². The summed E-state index contributed by atoms with van der Waals surface area (Å²) < 4.78 is 0. The van der Waals surface area contributed by atoms with E-state index in [4.69, 9.17) is 5.73 Å². The van der Waals surface area contributed by atoms with Crippen molar-refractivity contribution < 1.29 is 0 Å². The summed E-state index contributed by atoms with van der Waals surface area (Å²) >= 11 is 0. The normalized spacial score (nSPS) is 22.4. The smallest absolute Gasteiger partial charge is 0.223 e. The number of anilines is 3. The molecule has 32 heavy (non-hydrogen) atoms. The molecule has 0 amide bonds. The van der Waals surface area contributed by atoms with Crippen LogP contribution < -0.4 is 20.9 Å². The largest absolute Gasteiger partial charge is 0.368 e. The molecule has 0 spiro atoms. The van der Waals surface area contributed by atoms with Crippen LogP contribution in [0.4, 0.5) is 17.6 Å². The molecule has 0 radical (unpaired) electrons. The minimum atomic E-state index is 0. The second-order valence-corrected chi connectivity index (χ2v) is 9.47. The van der Waals surface area contributed by atoms with Gasteiger partial charge in [0.1, 0.15) is 11.6 Å². The molecule has 174 valence electrons. The first kappa shape index (κ1) is 23.1. The fourth-order valence-corrected chi connectivity index (χ4v) is 5.26. The number of hydrogen-bond donors (Lipinski definition) is 2. The fourth-order valence-electron chi connectivity index (χ4n) is 5.26. The van der Waals surface area contributed by atoms with Crippen molar-refractivity contribution in [3.63, 3.8) is 0 Å². The van der Waals surface area contributed by atoms with E-state index >= 15 is 0 Å². The third kappa shape index (κ3) is 4.80. The van der Waals surface area contributed by atoms with Crippen LogP contribution in [-0.2, 0) is 13.0 Å². The summed E-state index contributed by atoms with van der Waals surface area (Å²) in [7, 11) is 2.17. The van der Waals surface area contributed by atoms with Crippen LogP contribution in [0.3, 0.4) is 0 Å². The van der Waals surface area contributed by atoms with E-state index in [1.807, 2.05) is 0 Å². The number of nitrogens with two attached hydrogens (primary N) is 1. The molecule has 3 aliphatic rings. The second-order valence-electron chi connectivity index (χ2n) is 9.47. The van der Waals surface area contributed by atoms with E-state index in [1.54, 1.807) is 0 Å². The maximum Gasteiger partial charge on any atom is 0.223 e. The highest BCUT2D eigenvalue weighted by Gasteiger charge is 2.27. The van der Waals surface area contributed by atoms with Gasteiger partial charge in [-0.05, 0) is 68.9 Å². The van der Waals surface area contributed by atoms with Crippen LogP contribution in [0.1, 0.15) is 42.4 Å². The number of nitrogens with one attached hydrogen (secondary N) is 1. The first-order chi connectivity index (χ1) is 15.1. The minimum Gasteiger partial charge on any atom is -0.368 e. The summed E-state index contributed by atoms with van der Waals surface area (Å²) in [6.07, 6.45) is 3.50. The number of likely N-dealkylation sites (N-methyl/N-ethyl adjacent to an activating group) is 1. The molecule has 2 fully saturated rings. The van der Waals surface area contributed by atoms with E-state index in [0.717, 1.165) is 63.9 Å². The highest BCUT2D eigenvalue weighted by Crippen LogP contribution is 2.33. The summed E-state index contributed by atoms with van der Waals surface area (Å²) in [5.41, 5.74) is 10.6. The predicted octanol–water partition coefficient (Wildman–Crippen LogP) is 2.65. The Morgan fingerprint density at radius 1 is 0.969 bits per heavy atom. The van der Waals surface area contributed by atoms with Crippen molar-refractivity contribution in [1.29, 1.82) is 0 Å². The molecule has 7 nitrogen and oxygen atoms in total. The molecule has 1 aromatic heterocycles. The molecule has 4 heterocycles. The van der Waals surface area contributed by atoms with Gasteiger partial charge >= 0.3 is 0 Å². The molecule has 0 saturated carbocycles. The van der Waals surface area contributed by atoms with Crippen molar-refractivity contribution >= 4 is 30.0 Å². The first-order valence-electron chi connectivity index (χ1n) is 11.7. The number of hydrogen-bond acceptors (Lipinski definition) is 7. The first-order valence-corrected chi connectivity index (χ1v) is 11.7. The van der Waals surface area contributed by atoms with Crippen molar-refractivity contribution in [3.8, 4) is 0 Å². The van der Waals surface area contributed by atoms with E-state index < -0.39 is 0 Å². The molecule has 5 rings (SSSR count). The lowest BCUT2D eigenvalue weighted by Gasteiger charge is -2.37. The molecule has 3 N–H and O–H groups in total. The number of piperazine rings is 1. The van der Waals surface area contributed by atoms with Gasteiger partial charge in [0.15, 0.2) is 0 Å². The summed E-state index contributed by atoms with van der Waals surface area (Å²) in [4.78, 5) is 16.3. The standard InChI is InChI=1S/C24H35N7.ClH/c1-17-13-19-3-4-20(18-5-7-26-8-6-18)14-21(19)16-31(17)23-15-22(27-24(25)28-23)30-11-9-29(2)10-12-30;/h3-4,14-15,17-18,26H,5-13,16H2,1-2H3,(H2,25,27,28);1H. The Bertz CT molecular complexity index is 923. The Balaban J connectivity index is 0.00000245. The lowest BCUT2D eigenvalue weighted by Crippen LogP contribution is -2.45. The van der Waals surface area contributed by atoms with Gasteiger partial charge in [-0.1, -0.05) is 18.2 Å². The zero-order chi connectivity index (χ0) is 21.4. The monoisotopic (exact) mass is 457 g/mol. The third-order valence-electron chi connectivity index (χ3n) is 7.27. The number of rotatable bonds is 3. The molecule has 1 unspecified atom stereocenters. The molecular formula is C24H36ClN7. The van der Waals surface area contributed by atoms with Crippen molar-refractivity contribution in [2.75, 3.05) is 61.8 Å². The van der Waals surface area contributed by atoms with Crippen LogP contribution in [0.2, 0.25) is 0 Å². The van der Waals surface area contributed by atoms with Gasteiger partial charge in [-0.15, -0.1) is 12.4 Å². The topological polar surface area (TPSA) is 73.5 Å². The molecule has 2 saturated heterocycles. The molecule has 3 aliphatic heterocycles. The number of nitrogens with zero attached hydrogens (tertiary/aromatic N) is 5. The van der Waals surface area contributed by atoms with Crippen LogP contribution >= 0.6 is 12.4 Å². The van der Waals surface area contributed by atoms with E-state index in [2.05, 4.69) is 68.2 Å². The fraction of sp³-hybridized carbons (Fsp3) is 0.583. The molecule has 1 atom stereocenters. The molecule has 1 aromatic carbocycles. The maximum atomic E-state index is 6.17. The lowest BCUT2D eigenvalue weighted by molar-refractivity contribution is 0.312. The Hall–Kier alpha value is -2.09. The van der Waals surface area contributed by atoms with E-state index in [9.17, 15) is 0 Å². The highest BCUT2D eigenvalue weighted by molar-refractivity contribution is 5.85. The highest BCUT2D eigenvalue weighted by atomic mass is 35.5. The van der Waals surface area contributed by atoms with Crippen LogP contribution in [0.5, 0.6) is 0 Å². The molecule has 0 bridgehead atoms. The Labute approximate surface area is 197 Å². The van der Waals surface area contributed by atoms with Crippen molar-refractivity contribution in [2.45, 2.75) is 44.7 Å². The Kier molecular flexibility index (Phi) is 7.08. The summed E-state index contributed by atoms with van der Waals surface area (Å²) in [5, 5.41) is 3.48. The molecular weight excluding hydrogens is 422 g/mol. The molecule has 8 heteroatoms. The molecule has 2 aromatic rings. The number of nitrogen functional groups attached to an aromatic ring is 1. The zero-order valence-corrected chi connectivity index (χ0v) is 20.1. The second kappa shape index (κ2) is 9.81. The Morgan fingerprint density at radius 2 is 1.69 bits per heavy atom. The summed E-state index contributed by atoms with van der Waals surface area (Å²) in [5.74, 6) is 2.95. The van der Waals surface area contributed by atoms with Gasteiger partial charge in [0.2, 0.25) is 5.95 Å². The third-order valence-corrected chi connectivity index (χ3v) is 7.27. The van der Waals surface area contributed by atoms with Gasteiger partial charge in [-0.25, -0.2) is 0 Å². The van der Waals surface area contributed by atoms with E-state index in [1.165, 1.54) is 29.5 Å². The SMILES string of the molecule is CC1Cc2ccc(C3CCNCC3)cc2CN1c1cc(N2CCN(C)CC2)nc(N)n1.Cl. The van der Waals surface area contributed by atoms with Crippen LogP contribution in [0, 0.1) is 0 Å². The van der Waals surface area contributed by atoms with Crippen LogP contribution in [0.15, 0.2) is 24.3 Å². The van der Waals surface area contributed by atoms with Gasteiger partial charge in [0.05, 0.1) is 0 Å². The number of benzene rings is 1. The number of piperidine rings is 1. The van der Waals surface area contributed by atoms with Gasteiger partial charge in [0, 0.05) is 44.8 Å². The Morgan fingerprint density at radius 3 is 2.44 bits per heavy atom. The minimum absolute atomic E-state index is 0.